The van der Waals surface area contributed by atoms with Crippen LogP contribution in [0.3, 0.4) is 0 Å². The van der Waals surface area contributed by atoms with E-state index in [2.05, 4.69) is 10.5 Å². The third-order valence-electron chi connectivity index (χ3n) is 5.31. The number of carbonyl (C=O) groups is 1. The summed E-state index contributed by atoms with van der Waals surface area (Å²) in [5, 5.41) is 14.9. The number of nitrogens with one attached hydrogen (secondary N) is 1. The first-order chi connectivity index (χ1) is 16.6. The van der Waals surface area contributed by atoms with Gasteiger partial charge in [-0.2, -0.15) is 5.10 Å². The van der Waals surface area contributed by atoms with Crippen LogP contribution in [0.15, 0.2) is 88.9 Å². The van der Waals surface area contributed by atoms with Gasteiger partial charge in [0.1, 0.15) is 6.54 Å². The van der Waals surface area contributed by atoms with Crippen LogP contribution in [0.1, 0.15) is 37.8 Å². The van der Waals surface area contributed by atoms with E-state index in [4.69, 9.17) is 0 Å². The van der Waals surface area contributed by atoms with Crippen LogP contribution in [0.25, 0.3) is 0 Å². The van der Waals surface area contributed by atoms with Gasteiger partial charge < -0.3 is 0 Å². The first-order valence-corrected chi connectivity index (χ1v) is 12.3. The van der Waals surface area contributed by atoms with Gasteiger partial charge in [-0.15, -0.1) is 0 Å². The number of nitro benzene ring substituents is 1. The van der Waals surface area contributed by atoms with Crippen LogP contribution in [0.5, 0.6) is 0 Å². The number of hydrogen-bond acceptors (Lipinski definition) is 6. The van der Waals surface area contributed by atoms with Crippen molar-refractivity contribution in [2.75, 3.05) is 10.8 Å². The second-order valence-corrected chi connectivity index (χ2v) is 9.97. The van der Waals surface area contributed by atoms with Gasteiger partial charge in [0.05, 0.1) is 21.2 Å². The molecule has 0 atom stereocenters. The summed E-state index contributed by atoms with van der Waals surface area (Å²) in [4.78, 5) is 23.1. The Morgan fingerprint density at radius 1 is 1.00 bits per heavy atom. The highest BCUT2D eigenvalue weighted by molar-refractivity contribution is 7.92. The van der Waals surface area contributed by atoms with Gasteiger partial charge in [-0.1, -0.05) is 44.2 Å². The summed E-state index contributed by atoms with van der Waals surface area (Å²) >= 11 is 0. The lowest BCUT2D eigenvalue weighted by Crippen LogP contribution is -2.39. The minimum atomic E-state index is -4.03. The van der Waals surface area contributed by atoms with Gasteiger partial charge in [-0.3, -0.25) is 19.2 Å². The molecular weight excluding hydrogens is 468 g/mol. The first kappa shape index (κ1) is 25.6. The van der Waals surface area contributed by atoms with Crippen LogP contribution in [0.2, 0.25) is 0 Å². The molecule has 0 aliphatic carbocycles. The van der Waals surface area contributed by atoms with Crippen molar-refractivity contribution in [2.24, 2.45) is 5.10 Å². The maximum absolute atomic E-state index is 13.4. The van der Waals surface area contributed by atoms with Crippen LogP contribution in [-0.4, -0.2) is 31.5 Å². The quantitative estimate of drug-likeness (QED) is 0.267. The van der Waals surface area contributed by atoms with Gasteiger partial charge in [0.25, 0.3) is 21.6 Å². The highest BCUT2D eigenvalue weighted by Gasteiger charge is 2.27. The summed E-state index contributed by atoms with van der Waals surface area (Å²) in [5.41, 5.74) is 4.70. The smallest absolute Gasteiger partial charge is 0.269 e. The fourth-order valence-corrected chi connectivity index (χ4v) is 4.70. The van der Waals surface area contributed by atoms with E-state index in [0.29, 0.717) is 17.0 Å². The van der Waals surface area contributed by atoms with Crippen LogP contribution in [0.4, 0.5) is 11.4 Å². The minimum Gasteiger partial charge on any atom is -0.271 e. The number of carbonyl (C=O) groups excluding carboxylic acids is 1. The predicted molar refractivity (Wildman–Crippen MR) is 135 cm³/mol. The van der Waals surface area contributed by atoms with E-state index in [0.717, 1.165) is 9.87 Å². The van der Waals surface area contributed by atoms with Crippen LogP contribution in [-0.2, 0) is 14.8 Å². The topological polar surface area (TPSA) is 122 Å². The number of nitrogens with zero attached hydrogens (tertiary/aromatic N) is 3. The van der Waals surface area contributed by atoms with Crippen molar-refractivity contribution in [3.63, 3.8) is 0 Å². The average molecular weight is 495 g/mol. The Morgan fingerprint density at radius 2 is 1.60 bits per heavy atom. The van der Waals surface area contributed by atoms with E-state index < -0.39 is 27.4 Å². The van der Waals surface area contributed by atoms with E-state index >= 15 is 0 Å². The Morgan fingerprint density at radius 3 is 2.14 bits per heavy atom. The number of sulfonamides is 1. The normalized spacial score (nSPS) is 11.8. The zero-order valence-electron chi connectivity index (χ0n) is 19.6. The van der Waals surface area contributed by atoms with Crippen molar-refractivity contribution in [2.45, 2.75) is 31.6 Å². The molecule has 1 amide bonds. The Labute approximate surface area is 204 Å². The van der Waals surface area contributed by atoms with Gasteiger partial charge >= 0.3 is 0 Å². The molecule has 3 rings (SSSR count). The SMILES string of the molecule is C/C(=N/NC(=O)CN(c1ccc(C(C)C)cc1)S(=O)(=O)c1ccccc1)c1ccc([N+](=O)[O-])cc1. The predicted octanol–water partition coefficient (Wildman–Crippen LogP) is 4.45. The van der Waals surface area contributed by atoms with Crippen LogP contribution >= 0.6 is 0 Å². The summed E-state index contributed by atoms with van der Waals surface area (Å²) in [6.07, 6.45) is 0. The third kappa shape index (κ3) is 6.30. The molecule has 9 nitrogen and oxygen atoms in total. The highest BCUT2D eigenvalue weighted by Crippen LogP contribution is 2.25. The van der Waals surface area contributed by atoms with Gasteiger partial charge in [0, 0.05) is 12.1 Å². The fourth-order valence-electron chi connectivity index (χ4n) is 3.26. The monoisotopic (exact) mass is 494 g/mol. The molecule has 3 aromatic rings. The molecule has 0 unspecified atom stereocenters. The molecule has 1 N–H and O–H groups in total. The lowest BCUT2D eigenvalue weighted by molar-refractivity contribution is -0.384. The van der Waals surface area contributed by atoms with Crippen molar-refractivity contribution < 1.29 is 18.1 Å². The van der Waals surface area contributed by atoms with Crippen molar-refractivity contribution >= 4 is 33.0 Å². The van der Waals surface area contributed by atoms with Crippen molar-refractivity contribution in [1.82, 2.24) is 5.43 Å². The van der Waals surface area contributed by atoms with Crippen LogP contribution in [0, 0.1) is 10.1 Å². The van der Waals surface area contributed by atoms with Crippen molar-refractivity contribution in [1.29, 1.82) is 0 Å². The molecule has 0 aliphatic heterocycles. The van der Waals surface area contributed by atoms with Gasteiger partial charge in [-0.25, -0.2) is 13.8 Å². The Balaban J connectivity index is 1.84. The minimum absolute atomic E-state index is 0.0594. The lowest BCUT2D eigenvalue weighted by Gasteiger charge is -2.24. The van der Waals surface area contributed by atoms with Gasteiger partial charge in [-0.05, 0) is 60.4 Å². The molecule has 0 saturated heterocycles. The van der Waals surface area contributed by atoms with Crippen molar-refractivity contribution in [3.05, 3.63) is 100 Å². The maximum atomic E-state index is 13.4. The number of amides is 1. The molecule has 0 radical (unpaired) electrons. The average Bonchev–Trinajstić information content (AvgIpc) is 2.86. The molecule has 0 fully saturated rings. The Bertz CT molecular complexity index is 1320. The highest BCUT2D eigenvalue weighted by atomic mass is 32.2. The standard InChI is InChI=1S/C25H26N4O5S/c1-18(2)20-9-13-22(14-10-20)28(35(33,34)24-7-5-4-6-8-24)17-25(30)27-26-19(3)21-11-15-23(16-12-21)29(31)32/h4-16,18H,17H2,1-3H3,(H,27,30)/b26-19-. The maximum Gasteiger partial charge on any atom is 0.269 e. The van der Waals surface area contributed by atoms with E-state index in [1.165, 1.54) is 36.4 Å². The molecule has 0 spiro atoms. The number of hydrogen-bond donors (Lipinski definition) is 1. The number of anilines is 1. The molecular formula is C25H26N4O5S. The summed E-state index contributed by atoms with van der Waals surface area (Å²) in [6, 6.07) is 20.6. The molecule has 35 heavy (non-hydrogen) atoms. The number of benzene rings is 3. The first-order valence-electron chi connectivity index (χ1n) is 10.9. The fraction of sp³-hybridized carbons (Fsp3) is 0.200. The second-order valence-electron chi connectivity index (χ2n) is 8.11. The summed E-state index contributed by atoms with van der Waals surface area (Å²) in [7, 11) is -4.03. The largest absolute Gasteiger partial charge is 0.271 e. The Kier molecular flexibility index (Phi) is 7.98. The second kappa shape index (κ2) is 10.9. The molecule has 0 saturated carbocycles. The molecule has 0 aliphatic rings. The number of non-ortho nitro benzene ring substituents is 1. The zero-order valence-corrected chi connectivity index (χ0v) is 20.4. The number of nitro groups is 1. The molecule has 10 heteroatoms. The van der Waals surface area contributed by atoms with Gasteiger partial charge in [0.15, 0.2) is 0 Å². The van der Waals surface area contributed by atoms with E-state index in [9.17, 15) is 23.3 Å². The third-order valence-corrected chi connectivity index (χ3v) is 7.10. The summed E-state index contributed by atoms with van der Waals surface area (Å²) < 4.78 is 27.8. The zero-order chi connectivity index (χ0) is 25.6. The molecule has 182 valence electrons. The summed E-state index contributed by atoms with van der Waals surface area (Å²) in [6.45, 7) is 5.21. The molecule has 0 heterocycles. The number of rotatable bonds is 9. The Hall–Kier alpha value is -4.05. The van der Waals surface area contributed by atoms with Gasteiger partial charge in [0.2, 0.25) is 0 Å². The van der Waals surface area contributed by atoms with E-state index in [-0.39, 0.29) is 16.5 Å². The number of hydrazone groups is 1. The summed E-state index contributed by atoms with van der Waals surface area (Å²) in [5.74, 6) is -0.373. The molecule has 3 aromatic carbocycles. The molecule has 0 bridgehead atoms. The van der Waals surface area contributed by atoms with E-state index in [1.54, 1.807) is 37.3 Å². The lowest BCUT2D eigenvalue weighted by atomic mass is 10.0. The molecule has 0 aromatic heterocycles. The van der Waals surface area contributed by atoms with E-state index in [1.807, 2.05) is 26.0 Å². The van der Waals surface area contributed by atoms with Crippen molar-refractivity contribution in [3.8, 4) is 0 Å². The van der Waals surface area contributed by atoms with Crippen LogP contribution < -0.4 is 9.73 Å².